The molecule has 0 aliphatic carbocycles. The molecule has 4 nitrogen and oxygen atoms in total. The van der Waals surface area contributed by atoms with Crippen LogP contribution in [0.4, 0.5) is 0 Å². The van der Waals surface area contributed by atoms with Crippen molar-refractivity contribution in [1.82, 2.24) is 10.3 Å². The van der Waals surface area contributed by atoms with Gasteiger partial charge in [0.1, 0.15) is 17.9 Å². The van der Waals surface area contributed by atoms with Gasteiger partial charge in [0.15, 0.2) is 0 Å². The van der Waals surface area contributed by atoms with E-state index in [0.29, 0.717) is 13.0 Å². The van der Waals surface area contributed by atoms with Crippen molar-refractivity contribution in [3.05, 3.63) is 95.8 Å². The Balaban J connectivity index is 1.86. The Morgan fingerprint density at radius 3 is 2.55 bits per heavy atom. The van der Waals surface area contributed by atoms with Crippen LogP contribution < -0.4 is 10.1 Å². The Morgan fingerprint density at radius 1 is 1.03 bits per heavy atom. The topological polar surface area (TPSA) is 51.2 Å². The molecule has 1 aromatic heterocycles. The summed E-state index contributed by atoms with van der Waals surface area (Å²) in [6.45, 7) is 4.57. The van der Waals surface area contributed by atoms with Crippen molar-refractivity contribution < 1.29 is 9.53 Å². The number of unbranched alkanes of at least 4 members (excludes halogenated alkanes) is 1. The molecule has 0 bridgehead atoms. The minimum absolute atomic E-state index is 0.0237. The molecule has 0 saturated heterocycles. The smallest absolute Gasteiger partial charge is 0.220 e. The predicted octanol–water partition coefficient (Wildman–Crippen LogP) is 5.23. The molecular formula is C25H28N2O2. The Kier molecular flexibility index (Phi) is 7.01. The van der Waals surface area contributed by atoms with E-state index in [1.165, 1.54) is 0 Å². The molecule has 0 spiro atoms. The van der Waals surface area contributed by atoms with Crippen LogP contribution in [-0.2, 0) is 16.9 Å². The molecule has 1 amide bonds. The molecule has 150 valence electrons. The van der Waals surface area contributed by atoms with Crippen molar-refractivity contribution >= 4 is 5.91 Å². The van der Waals surface area contributed by atoms with Crippen LogP contribution in [0.25, 0.3) is 0 Å². The van der Waals surface area contributed by atoms with Crippen LogP contribution in [0.2, 0.25) is 0 Å². The van der Waals surface area contributed by atoms with Crippen LogP contribution in [0.3, 0.4) is 0 Å². The van der Waals surface area contributed by atoms with Gasteiger partial charge < -0.3 is 10.1 Å². The van der Waals surface area contributed by atoms with E-state index in [4.69, 9.17) is 4.74 Å². The number of rotatable bonds is 9. The first kappa shape index (κ1) is 20.6. The number of carbonyl (C=O) groups is 1. The number of hydrogen-bond donors (Lipinski definition) is 1. The van der Waals surface area contributed by atoms with Crippen LogP contribution in [-0.4, -0.2) is 10.9 Å². The number of benzene rings is 2. The van der Waals surface area contributed by atoms with Crippen LogP contribution in [0, 0.1) is 0 Å². The summed E-state index contributed by atoms with van der Waals surface area (Å²) < 4.78 is 6.00. The van der Waals surface area contributed by atoms with E-state index in [1.54, 1.807) is 6.20 Å². The molecule has 0 aliphatic heterocycles. The zero-order valence-corrected chi connectivity index (χ0v) is 17.1. The number of amides is 1. The Bertz CT molecular complexity index is 912. The summed E-state index contributed by atoms with van der Waals surface area (Å²) >= 11 is 0. The largest absolute Gasteiger partial charge is 0.489 e. The fourth-order valence-electron chi connectivity index (χ4n) is 3.26. The van der Waals surface area contributed by atoms with E-state index in [2.05, 4.69) is 17.2 Å². The highest BCUT2D eigenvalue weighted by Crippen LogP contribution is 2.30. The second-order valence-electron chi connectivity index (χ2n) is 7.29. The van der Waals surface area contributed by atoms with Gasteiger partial charge in [-0.15, -0.1) is 0 Å². The van der Waals surface area contributed by atoms with Gasteiger partial charge in [-0.3, -0.25) is 9.78 Å². The number of ether oxygens (including phenoxy) is 1. The lowest BCUT2D eigenvalue weighted by Gasteiger charge is -2.31. The maximum absolute atomic E-state index is 12.6. The molecule has 1 unspecified atom stereocenters. The van der Waals surface area contributed by atoms with Gasteiger partial charge in [0.2, 0.25) is 5.91 Å². The average Bonchev–Trinajstić information content (AvgIpc) is 2.77. The first-order chi connectivity index (χ1) is 14.1. The molecule has 4 heteroatoms. The van der Waals surface area contributed by atoms with E-state index in [-0.39, 0.29) is 5.91 Å². The average molecular weight is 389 g/mol. The van der Waals surface area contributed by atoms with Crippen molar-refractivity contribution in [1.29, 1.82) is 0 Å². The van der Waals surface area contributed by atoms with E-state index >= 15 is 0 Å². The van der Waals surface area contributed by atoms with Crippen molar-refractivity contribution in [2.45, 2.75) is 45.3 Å². The molecule has 0 fully saturated rings. The predicted molar refractivity (Wildman–Crippen MR) is 116 cm³/mol. The van der Waals surface area contributed by atoms with Gasteiger partial charge in [0, 0.05) is 12.6 Å². The molecule has 1 heterocycles. The highest BCUT2D eigenvalue weighted by atomic mass is 16.5. The number of carbonyl (C=O) groups excluding carboxylic acids is 1. The molecule has 29 heavy (non-hydrogen) atoms. The van der Waals surface area contributed by atoms with Crippen molar-refractivity contribution in [2.24, 2.45) is 0 Å². The quantitative estimate of drug-likeness (QED) is 0.546. The number of hydrogen-bond acceptors (Lipinski definition) is 3. The van der Waals surface area contributed by atoms with E-state index < -0.39 is 5.54 Å². The van der Waals surface area contributed by atoms with Crippen molar-refractivity contribution in [3.63, 3.8) is 0 Å². The summed E-state index contributed by atoms with van der Waals surface area (Å²) in [5, 5.41) is 3.20. The number of aromatic nitrogens is 1. The first-order valence-corrected chi connectivity index (χ1v) is 10.1. The van der Waals surface area contributed by atoms with Gasteiger partial charge in [-0.25, -0.2) is 0 Å². The van der Waals surface area contributed by atoms with Crippen LogP contribution in [0.15, 0.2) is 79.0 Å². The highest BCUT2D eigenvalue weighted by Gasteiger charge is 2.32. The third-order valence-electron chi connectivity index (χ3n) is 4.98. The molecule has 2 aromatic carbocycles. The van der Waals surface area contributed by atoms with Gasteiger partial charge in [0.05, 0.1) is 5.69 Å². The van der Waals surface area contributed by atoms with E-state index in [1.807, 2.05) is 79.7 Å². The SMILES string of the molecule is CCCCC(=O)NC(C)(c1cccc(OCc2ccccc2)c1)c1ccccn1. The van der Waals surface area contributed by atoms with Crippen LogP contribution in [0.1, 0.15) is 49.9 Å². The number of nitrogens with one attached hydrogen (secondary N) is 1. The summed E-state index contributed by atoms with van der Waals surface area (Å²) in [6.07, 6.45) is 4.10. The fraction of sp³-hybridized carbons (Fsp3) is 0.280. The molecule has 1 N–H and O–H groups in total. The van der Waals surface area contributed by atoms with Gasteiger partial charge >= 0.3 is 0 Å². The van der Waals surface area contributed by atoms with Crippen LogP contribution in [0.5, 0.6) is 5.75 Å². The van der Waals surface area contributed by atoms with Crippen molar-refractivity contribution in [3.8, 4) is 5.75 Å². The minimum atomic E-state index is -0.738. The first-order valence-electron chi connectivity index (χ1n) is 10.1. The molecular weight excluding hydrogens is 360 g/mol. The minimum Gasteiger partial charge on any atom is -0.489 e. The lowest BCUT2D eigenvalue weighted by molar-refractivity contribution is -0.122. The number of nitrogens with zero attached hydrogens (tertiary/aromatic N) is 1. The summed E-state index contributed by atoms with van der Waals surface area (Å²) in [4.78, 5) is 17.1. The van der Waals surface area contributed by atoms with Gasteiger partial charge in [-0.2, -0.15) is 0 Å². The number of pyridine rings is 1. The lowest BCUT2D eigenvalue weighted by Crippen LogP contribution is -2.45. The van der Waals surface area contributed by atoms with Crippen molar-refractivity contribution in [2.75, 3.05) is 0 Å². The third-order valence-corrected chi connectivity index (χ3v) is 4.98. The molecule has 0 radical (unpaired) electrons. The van der Waals surface area contributed by atoms with E-state index in [0.717, 1.165) is 35.4 Å². The third kappa shape index (κ3) is 5.44. The van der Waals surface area contributed by atoms with E-state index in [9.17, 15) is 4.79 Å². The summed E-state index contributed by atoms with van der Waals surface area (Å²) in [6, 6.07) is 23.7. The zero-order valence-electron chi connectivity index (χ0n) is 17.1. The zero-order chi connectivity index (χ0) is 20.5. The van der Waals surface area contributed by atoms with Crippen LogP contribution >= 0.6 is 0 Å². The maximum atomic E-state index is 12.6. The fourth-order valence-corrected chi connectivity index (χ4v) is 3.26. The second-order valence-corrected chi connectivity index (χ2v) is 7.29. The molecule has 0 saturated carbocycles. The van der Waals surface area contributed by atoms with Gasteiger partial charge in [-0.05, 0) is 48.7 Å². The Morgan fingerprint density at radius 2 is 1.83 bits per heavy atom. The molecule has 3 rings (SSSR count). The second kappa shape index (κ2) is 9.87. The molecule has 0 aliphatic rings. The monoisotopic (exact) mass is 388 g/mol. The summed E-state index contributed by atoms with van der Waals surface area (Å²) in [5.74, 6) is 0.784. The van der Waals surface area contributed by atoms with Gasteiger partial charge in [-0.1, -0.05) is 61.9 Å². The molecule has 1 atom stereocenters. The summed E-state index contributed by atoms with van der Waals surface area (Å²) in [7, 11) is 0. The normalized spacial score (nSPS) is 12.8. The standard InChI is InChI=1S/C25H28N2O2/c1-3-4-16-24(28)27-25(2,23-15-8-9-17-26-23)21-13-10-14-22(18-21)29-19-20-11-6-5-7-12-20/h5-15,17-18H,3-4,16,19H2,1-2H3,(H,27,28). The highest BCUT2D eigenvalue weighted by molar-refractivity contribution is 5.77. The lowest BCUT2D eigenvalue weighted by atomic mass is 9.87. The summed E-state index contributed by atoms with van der Waals surface area (Å²) in [5.41, 5.74) is 2.10. The Hall–Kier alpha value is -3.14. The Labute approximate surface area is 173 Å². The molecule has 3 aromatic rings. The van der Waals surface area contributed by atoms with Gasteiger partial charge in [0.25, 0.3) is 0 Å². The maximum Gasteiger partial charge on any atom is 0.220 e.